The summed E-state index contributed by atoms with van der Waals surface area (Å²) in [6.07, 6.45) is 1.47. The van der Waals surface area contributed by atoms with Gasteiger partial charge in [0, 0.05) is 25.2 Å². The van der Waals surface area contributed by atoms with Gasteiger partial charge in [0.1, 0.15) is 6.42 Å². The first-order chi connectivity index (χ1) is 14.5. The number of carbonyl (C=O) groups is 2. The predicted molar refractivity (Wildman–Crippen MR) is 112 cm³/mol. The van der Waals surface area contributed by atoms with Crippen molar-refractivity contribution in [2.75, 3.05) is 39.5 Å². The van der Waals surface area contributed by atoms with Crippen molar-refractivity contribution in [3.05, 3.63) is 17.7 Å². The van der Waals surface area contributed by atoms with Crippen LogP contribution in [0.15, 0.2) is 12.1 Å². The van der Waals surface area contributed by atoms with Crippen molar-refractivity contribution in [3.8, 4) is 23.3 Å². The van der Waals surface area contributed by atoms with Gasteiger partial charge in [-0.25, -0.2) is 0 Å². The molecule has 1 fully saturated rings. The lowest BCUT2D eigenvalue weighted by Crippen LogP contribution is -2.41. The van der Waals surface area contributed by atoms with Crippen LogP contribution in [0.4, 0.5) is 0 Å². The topological polar surface area (TPSA) is 101 Å². The van der Waals surface area contributed by atoms with E-state index in [4.69, 9.17) is 19.5 Å². The minimum absolute atomic E-state index is 0.0769. The van der Waals surface area contributed by atoms with Crippen LogP contribution in [0.5, 0.6) is 17.2 Å². The molecule has 0 saturated carbocycles. The van der Waals surface area contributed by atoms with Crippen LogP contribution in [0.1, 0.15) is 50.4 Å². The third-order valence-corrected chi connectivity index (χ3v) is 4.89. The van der Waals surface area contributed by atoms with Gasteiger partial charge in [-0.3, -0.25) is 9.59 Å². The summed E-state index contributed by atoms with van der Waals surface area (Å²) in [6.45, 7) is 8.77. The molecular weight excluding hydrogens is 386 g/mol. The van der Waals surface area contributed by atoms with E-state index in [1.54, 1.807) is 12.1 Å². The maximum absolute atomic E-state index is 13.1. The molecule has 0 aliphatic carbocycles. The molecule has 0 spiro atoms. The van der Waals surface area contributed by atoms with E-state index in [0.29, 0.717) is 68.2 Å². The van der Waals surface area contributed by atoms with Crippen LogP contribution in [-0.2, 0) is 4.79 Å². The van der Waals surface area contributed by atoms with E-state index in [-0.39, 0.29) is 18.2 Å². The van der Waals surface area contributed by atoms with Gasteiger partial charge in [0.25, 0.3) is 5.91 Å². The fourth-order valence-corrected chi connectivity index (χ4v) is 3.43. The van der Waals surface area contributed by atoms with Gasteiger partial charge in [0.2, 0.25) is 11.7 Å². The Morgan fingerprint density at radius 3 is 2.13 bits per heavy atom. The smallest absolute Gasteiger partial charge is 0.254 e. The van der Waals surface area contributed by atoms with Crippen LogP contribution < -0.4 is 19.5 Å². The minimum atomic E-state index is -0.252. The zero-order chi connectivity index (χ0) is 21.9. The molecular formula is C22H31N3O5. The monoisotopic (exact) mass is 417 g/mol. The largest absolute Gasteiger partial charge is 0.490 e. The minimum Gasteiger partial charge on any atom is -0.490 e. The number of piperidine rings is 1. The van der Waals surface area contributed by atoms with E-state index in [1.165, 1.54) is 0 Å². The van der Waals surface area contributed by atoms with Crippen LogP contribution in [0.2, 0.25) is 0 Å². The highest BCUT2D eigenvalue weighted by Gasteiger charge is 2.26. The number of hydrogen-bond donors (Lipinski definition) is 1. The highest BCUT2D eigenvalue weighted by Crippen LogP contribution is 2.39. The van der Waals surface area contributed by atoms with Crippen molar-refractivity contribution in [1.82, 2.24) is 10.2 Å². The summed E-state index contributed by atoms with van der Waals surface area (Å²) in [4.78, 5) is 26.4. The summed E-state index contributed by atoms with van der Waals surface area (Å²) in [5.74, 6) is 1.50. The first-order valence-corrected chi connectivity index (χ1v) is 10.5. The fourth-order valence-electron chi connectivity index (χ4n) is 3.43. The third kappa shape index (κ3) is 6.28. The zero-order valence-electron chi connectivity index (χ0n) is 18.0. The second-order valence-electron chi connectivity index (χ2n) is 6.98. The molecule has 1 aliphatic rings. The third-order valence-electron chi connectivity index (χ3n) is 4.89. The lowest BCUT2D eigenvalue weighted by Gasteiger charge is -2.32. The Hall–Kier alpha value is -2.95. The molecule has 8 heteroatoms. The molecule has 0 radical (unpaired) electrons. The molecule has 30 heavy (non-hydrogen) atoms. The number of benzene rings is 1. The molecule has 1 saturated heterocycles. The van der Waals surface area contributed by atoms with Gasteiger partial charge in [-0.05, 0) is 51.7 Å². The predicted octanol–water partition coefficient (Wildman–Crippen LogP) is 2.76. The summed E-state index contributed by atoms with van der Waals surface area (Å²) < 4.78 is 17.1. The molecule has 164 valence electrons. The maximum Gasteiger partial charge on any atom is 0.254 e. The summed E-state index contributed by atoms with van der Waals surface area (Å²) in [5, 5.41) is 11.3. The van der Waals surface area contributed by atoms with Crippen LogP contribution in [0.25, 0.3) is 0 Å². The van der Waals surface area contributed by atoms with Crippen LogP contribution in [-0.4, -0.2) is 56.2 Å². The van der Waals surface area contributed by atoms with Crippen molar-refractivity contribution in [1.29, 1.82) is 5.26 Å². The number of nitrogens with zero attached hydrogens (tertiary/aromatic N) is 2. The van der Waals surface area contributed by atoms with Gasteiger partial charge in [-0.15, -0.1) is 0 Å². The van der Waals surface area contributed by atoms with E-state index >= 15 is 0 Å². The highest BCUT2D eigenvalue weighted by atomic mass is 16.5. The van der Waals surface area contributed by atoms with Gasteiger partial charge in [-0.1, -0.05) is 0 Å². The average molecular weight is 418 g/mol. The first-order valence-electron chi connectivity index (χ1n) is 10.5. The summed E-state index contributed by atoms with van der Waals surface area (Å²) in [5.41, 5.74) is 0.506. The number of nitrogens with one attached hydrogen (secondary N) is 1. The average Bonchev–Trinajstić information content (AvgIpc) is 2.75. The molecule has 2 rings (SSSR count). The fraction of sp³-hybridized carbons (Fsp3) is 0.591. The standard InChI is InChI=1S/C22H31N3O5/c1-4-28-18-13-17(14-19(29-5-2)21(18)30-6-3)22(27)25-11-8-16(9-12-25)15-24-20(26)7-10-23/h13-14,16H,4-9,11-12,15H2,1-3H3,(H,24,26). The van der Waals surface area contributed by atoms with E-state index in [2.05, 4.69) is 5.32 Å². The molecule has 0 atom stereocenters. The molecule has 8 nitrogen and oxygen atoms in total. The van der Waals surface area contributed by atoms with Crippen molar-refractivity contribution in [2.45, 2.75) is 40.0 Å². The number of carbonyl (C=O) groups excluding carboxylic acids is 2. The molecule has 1 N–H and O–H groups in total. The molecule has 2 amide bonds. The number of likely N-dealkylation sites (tertiary alicyclic amines) is 1. The summed E-state index contributed by atoms with van der Waals surface area (Å²) in [6, 6.07) is 5.27. The summed E-state index contributed by atoms with van der Waals surface area (Å²) >= 11 is 0. The first kappa shape index (κ1) is 23.3. The van der Waals surface area contributed by atoms with Crippen molar-refractivity contribution in [3.63, 3.8) is 0 Å². The van der Waals surface area contributed by atoms with Gasteiger partial charge in [0.05, 0.1) is 25.9 Å². The zero-order valence-corrected chi connectivity index (χ0v) is 18.0. The molecule has 0 aromatic heterocycles. The molecule has 1 aliphatic heterocycles. The Kier molecular flexibility index (Phi) is 9.26. The second-order valence-corrected chi connectivity index (χ2v) is 6.98. The lowest BCUT2D eigenvalue weighted by molar-refractivity contribution is -0.120. The molecule has 1 heterocycles. The van der Waals surface area contributed by atoms with Gasteiger partial charge in [-0.2, -0.15) is 5.26 Å². The molecule has 1 aromatic carbocycles. The van der Waals surface area contributed by atoms with E-state index in [9.17, 15) is 9.59 Å². The van der Waals surface area contributed by atoms with Crippen molar-refractivity contribution >= 4 is 11.8 Å². The normalized spacial score (nSPS) is 14.0. The Morgan fingerprint density at radius 1 is 1.07 bits per heavy atom. The summed E-state index contributed by atoms with van der Waals surface area (Å²) in [7, 11) is 0. The molecule has 0 unspecified atom stereocenters. The molecule has 0 bridgehead atoms. The van der Waals surface area contributed by atoms with E-state index in [1.807, 2.05) is 31.7 Å². The Morgan fingerprint density at radius 2 is 1.63 bits per heavy atom. The van der Waals surface area contributed by atoms with E-state index < -0.39 is 0 Å². The number of rotatable bonds is 10. The van der Waals surface area contributed by atoms with Crippen LogP contribution in [0, 0.1) is 17.2 Å². The number of amides is 2. The Bertz CT molecular complexity index is 740. The number of nitriles is 1. The Labute approximate surface area is 178 Å². The van der Waals surface area contributed by atoms with Crippen LogP contribution in [0.3, 0.4) is 0 Å². The van der Waals surface area contributed by atoms with Gasteiger partial charge >= 0.3 is 0 Å². The van der Waals surface area contributed by atoms with Crippen molar-refractivity contribution in [2.24, 2.45) is 5.92 Å². The second kappa shape index (κ2) is 11.9. The highest BCUT2D eigenvalue weighted by molar-refractivity contribution is 5.95. The van der Waals surface area contributed by atoms with E-state index in [0.717, 1.165) is 12.8 Å². The quantitative estimate of drug-likeness (QED) is 0.628. The SMILES string of the molecule is CCOc1cc(C(=O)N2CCC(CNC(=O)CC#N)CC2)cc(OCC)c1OCC. The van der Waals surface area contributed by atoms with Crippen molar-refractivity contribution < 1.29 is 23.8 Å². The maximum atomic E-state index is 13.1. The van der Waals surface area contributed by atoms with Gasteiger partial charge in [0.15, 0.2) is 11.5 Å². The Balaban J connectivity index is 2.07. The lowest BCUT2D eigenvalue weighted by atomic mass is 9.96. The molecule has 1 aromatic rings. The number of ether oxygens (including phenoxy) is 3. The van der Waals surface area contributed by atoms with Gasteiger partial charge < -0.3 is 24.4 Å². The number of hydrogen-bond acceptors (Lipinski definition) is 6. The van der Waals surface area contributed by atoms with Crippen LogP contribution >= 0.6 is 0 Å².